The van der Waals surface area contributed by atoms with Crippen molar-refractivity contribution in [3.8, 4) is 0 Å². The smallest absolute Gasteiger partial charge is 0.176 e. The van der Waals surface area contributed by atoms with Crippen molar-refractivity contribution in [3.63, 3.8) is 0 Å². The quantitative estimate of drug-likeness (QED) is 0.508. The topological polar surface area (TPSA) is 78.1 Å². The number of ether oxygens (including phenoxy) is 2. The molecule has 128 valence electrons. The minimum Gasteiger partial charge on any atom is -0.346 e. The SMILES string of the molecule is [NH]CCNCC([NH])C(OCc1ccccc1)OCc1ccccc1. The molecule has 5 nitrogen and oxygen atoms in total. The van der Waals surface area contributed by atoms with Crippen LogP contribution in [0.1, 0.15) is 11.1 Å². The average Bonchev–Trinajstić information content (AvgIpc) is 2.63. The normalized spacial score (nSPS) is 12.5. The number of hydrogen-bond donors (Lipinski definition) is 1. The van der Waals surface area contributed by atoms with Crippen LogP contribution in [0.2, 0.25) is 0 Å². The van der Waals surface area contributed by atoms with Crippen LogP contribution in [0.25, 0.3) is 0 Å². The second-order valence-corrected chi connectivity index (χ2v) is 5.52. The predicted octanol–water partition coefficient (Wildman–Crippen LogP) is 2.27. The lowest BCUT2D eigenvalue weighted by Crippen LogP contribution is -2.41. The van der Waals surface area contributed by atoms with Gasteiger partial charge in [0.05, 0.1) is 19.3 Å². The first-order valence-electron chi connectivity index (χ1n) is 8.17. The molecule has 0 heterocycles. The first kappa shape index (κ1) is 18.6. The third-order valence-electron chi connectivity index (χ3n) is 3.51. The Morgan fingerprint density at radius 1 is 0.833 bits per heavy atom. The van der Waals surface area contributed by atoms with Gasteiger partial charge in [0.25, 0.3) is 0 Å². The van der Waals surface area contributed by atoms with Crippen LogP contribution in [0.5, 0.6) is 0 Å². The fourth-order valence-corrected chi connectivity index (χ4v) is 2.23. The van der Waals surface area contributed by atoms with E-state index in [0.29, 0.717) is 32.8 Å². The number of hydrogen-bond acceptors (Lipinski definition) is 3. The molecule has 0 aromatic heterocycles. The molecular formula is C19H25N3O2. The Hall–Kier alpha value is -1.76. The monoisotopic (exact) mass is 327 g/mol. The molecule has 0 aliphatic rings. The van der Waals surface area contributed by atoms with Crippen molar-refractivity contribution in [2.75, 3.05) is 19.6 Å². The van der Waals surface area contributed by atoms with Gasteiger partial charge in [0.1, 0.15) is 0 Å². The van der Waals surface area contributed by atoms with E-state index >= 15 is 0 Å². The van der Waals surface area contributed by atoms with Crippen LogP contribution >= 0.6 is 0 Å². The van der Waals surface area contributed by atoms with Gasteiger partial charge < -0.3 is 14.8 Å². The summed E-state index contributed by atoms with van der Waals surface area (Å²) in [6.45, 7) is 2.13. The van der Waals surface area contributed by atoms with Gasteiger partial charge in [-0.2, -0.15) is 0 Å². The minimum atomic E-state index is -0.622. The van der Waals surface area contributed by atoms with Gasteiger partial charge >= 0.3 is 0 Å². The van der Waals surface area contributed by atoms with Crippen LogP contribution in [0.15, 0.2) is 60.7 Å². The molecule has 0 bridgehead atoms. The van der Waals surface area contributed by atoms with Crippen molar-refractivity contribution in [1.29, 1.82) is 0 Å². The molecule has 0 fully saturated rings. The van der Waals surface area contributed by atoms with E-state index in [2.05, 4.69) is 5.32 Å². The summed E-state index contributed by atoms with van der Waals surface area (Å²) in [6.07, 6.45) is -0.622. The lowest BCUT2D eigenvalue weighted by atomic mass is 10.2. The number of benzene rings is 2. The maximum absolute atomic E-state index is 8.27. The Morgan fingerprint density at radius 2 is 1.33 bits per heavy atom. The van der Waals surface area contributed by atoms with E-state index in [4.69, 9.17) is 20.9 Å². The summed E-state index contributed by atoms with van der Waals surface area (Å²) < 4.78 is 11.7. The summed E-state index contributed by atoms with van der Waals surface area (Å²) >= 11 is 0. The van der Waals surface area contributed by atoms with E-state index in [1.54, 1.807) is 0 Å². The van der Waals surface area contributed by atoms with Crippen molar-refractivity contribution in [2.45, 2.75) is 25.5 Å². The molecule has 2 aromatic rings. The molecule has 0 aliphatic carbocycles. The van der Waals surface area contributed by atoms with Gasteiger partial charge in [-0.1, -0.05) is 60.7 Å². The molecule has 1 atom stereocenters. The fraction of sp³-hybridized carbons (Fsp3) is 0.368. The Labute approximate surface area is 143 Å². The van der Waals surface area contributed by atoms with Crippen molar-refractivity contribution in [1.82, 2.24) is 16.8 Å². The van der Waals surface area contributed by atoms with Crippen LogP contribution in [0.3, 0.4) is 0 Å². The Balaban J connectivity index is 1.89. The standard InChI is InChI=1S/C19H25N3O2/c20-11-12-22-13-18(21)19(23-14-16-7-3-1-4-8-16)24-15-17-9-5-2-6-10-17/h1-10,18-22H,11-15H2. The third-order valence-corrected chi connectivity index (χ3v) is 3.51. The van der Waals surface area contributed by atoms with Gasteiger partial charge in [-0.15, -0.1) is 0 Å². The van der Waals surface area contributed by atoms with Crippen LogP contribution in [-0.4, -0.2) is 32.0 Å². The molecule has 0 saturated carbocycles. The zero-order valence-electron chi connectivity index (χ0n) is 13.8. The van der Waals surface area contributed by atoms with Gasteiger partial charge in [-0.25, -0.2) is 5.73 Å². The van der Waals surface area contributed by atoms with Gasteiger partial charge in [-0.05, 0) is 11.1 Å². The van der Waals surface area contributed by atoms with Gasteiger partial charge in [-0.3, -0.25) is 5.73 Å². The van der Waals surface area contributed by atoms with Crippen molar-refractivity contribution >= 4 is 0 Å². The first-order valence-corrected chi connectivity index (χ1v) is 8.17. The minimum absolute atomic E-state index is 0.299. The molecule has 24 heavy (non-hydrogen) atoms. The molecule has 0 saturated heterocycles. The summed E-state index contributed by atoms with van der Waals surface area (Å²) in [6, 6.07) is 19.2. The molecule has 0 aliphatic heterocycles. The molecule has 1 unspecified atom stereocenters. The maximum atomic E-state index is 8.27. The molecule has 2 rings (SSSR count). The fourth-order valence-electron chi connectivity index (χ4n) is 2.23. The number of rotatable bonds is 11. The Morgan fingerprint density at radius 3 is 1.79 bits per heavy atom. The number of nitrogens with one attached hydrogen (secondary N) is 3. The summed E-state index contributed by atoms with van der Waals surface area (Å²) in [7, 11) is 0. The second kappa shape index (κ2) is 10.9. The van der Waals surface area contributed by atoms with Crippen molar-refractivity contribution < 1.29 is 9.47 Å². The highest BCUT2D eigenvalue weighted by molar-refractivity contribution is 5.14. The van der Waals surface area contributed by atoms with Gasteiger partial charge in [0, 0.05) is 19.6 Å². The van der Waals surface area contributed by atoms with E-state index in [9.17, 15) is 0 Å². The zero-order chi connectivity index (χ0) is 17.0. The van der Waals surface area contributed by atoms with Crippen LogP contribution in [-0.2, 0) is 22.7 Å². The van der Waals surface area contributed by atoms with E-state index in [0.717, 1.165) is 11.1 Å². The highest BCUT2D eigenvalue weighted by atomic mass is 16.7. The summed E-state index contributed by atoms with van der Waals surface area (Å²) in [5.74, 6) is 0. The highest BCUT2D eigenvalue weighted by Gasteiger charge is 2.20. The first-order chi connectivity index (χ1) is 11.8. The largest absolute Gasteiger partial charge is 0.346 e. The predicted molar refractivity (Wildman–Crippen MR) is 94.0 cm³/mol. The van der Waals surface area contributed by atoms with E-state index in [1.807, 2.05) is 60.7 Å². The van der Waals surface area contributed by atoms with Crippen LogP contribution in [0.4, 0.5) is 0 Å². The highest BCUT2D eigenvalue weighted by Crippen LogP contribution is 2.10. The van der Waals surface area contributed by atoms with Crippen molar-refractivity contribution in [2.24, 2.45) is 0 Å². The summed E-state index contributed by atoms with van der Waals surface area (Å²) in [5, 5.41) is 3.08. The van der Waals surface area contributed by atoms with Crippen LogP contribution < -0.4 is 16.8 Å². The average molecular weight is 327 g/mol. The summed E-state index contributed by atoms with van der Waals surface area (Å²) in [4.78, 5) is 0. The molecule has 2 aromatic carbocycles. The Kier molecular flexibility index (Phi) is 8.45. The van der Waals surface area contributed by atoms with Crippen LogP contribution in [0, 0.1) is 0 Å². The molecular weight excluding hydrogens is 302 g/mol. The molecule has 2 radical (unpaired) electrons. The molecule has 5 heteroatoms. The molecule has 3 N–H and O–H groups in total. The molecule has 0 spiro atoms. The van der Waals surface area contributed by atoms with E-state index < -0.39 is 12.3 Å². The lowest BCUT2D eigenvalue weighted by Gasteiger charge is -2.24. The van der Waals surface area contributed by atoms with Gasteiger partial charge in [0.2, 0.25) is 0 Å². The Bertz CT molecular complexity index is 508. The molecule has 0 amide bonds. The lowest BCUT2D eigenvalue weighted by molar-refractivity contribution is -0.168. The van der Waals surface area contributed by atoms with E-state index in [1.165, 1.54) is 0 Å². The van der Waals surface area contributed by atoms with E-state index in [-0.39, 0.29) is 0 Å². The van der Waals surface area contributed by atoms with Crippen molar-refractivity contribution in [3.05, 3.63) is 71.8 Å². The zero-order valence-corrected chi connectivity index (χ0v) is 13.8. The second-order valence-electron chi connectivity index (χ2n) is 5.52. The third kappa shape index (κ3) is 6.78. The summed E-state index contributed by atoms with van der Waals surface area (Å²) in [5.41, 5.74) is 17.5. The van der Waals surface area contributed by atoms with Gasteiger partial charge in [0.15, 0.2) is 6.29 Å². The maximum Gasteiger partial charge on any atom is 0.176 e.